The van der Waals surface area contributed by atoms with E-state index in [9.17, 15) is 9.90 Å². The summed E-state index contributed by atoms with van der Waals surface area (Å²) < 4.78 is 0. The Balaban J connectivity index is 1.77. The summed E-state index contributed by atoms with van der Waals surface area (Å²) in [7, 11) is 0. The fraction of sp³-hybridized carbons (Fsp3) is 0.407. The minimum Gasteiger partial charge on any atom is -0.515 e. The van der Waals surface area contributed by atoms with Gasteiger partial charge < -0.3 is 5.11 Å². The average Bonchev–Trinajstić information content (AvgIpc) is 2.80. The summed E-state index contributed by atoms with van der Waals surface area (Å²) in [4.78, 5) is 27.6. The lowest BCUT2D eigenvalue weighted by Crippen LogP contribution is -2.48. The standard InChI is InChI=1S/C27H29N3O2/c1-15(2)23-20-9-10-21-16(3)24(32)17(14-31)13-27(21,4)25(20)30-26(29-23)19-11-12-28-22-8-6-5-7-18(19)22/h5-8,11-12,14-16,21,31H,9-10,13H2,1-4H3/b17-14-/t16-,21-,27-/m1/s1. The van der Waals surface area contributed by atoms with Gasteiger partial charge in [0.2, 0.25) is 0 Å². The van der Waals surface area contributed by atoms with Crippen LogP contribution in [-0.4, -0.2) is 25.8 Å². The number of fused-ring (bicyclic) bond motifs is 4. The summed E-state index contributed by atoms with van der Waals surface area (Å²) in [6, 6.07) is 10.1. The van der Waals surface area contributed by atoms with E-state index in [1.807, 2.05) is 37.4 Å². The number of hydrogen-bond acceptors (Lipinski definition) is 5. The number of carbonyl (C=O) groups is 1. The van der Waals surface area contributed by atoms with Gasteiger partial charge in [0.15, 0.2) is 11.6 Å². The van der Waals surface area contributed by atoms with Gasteiger partial charge in [-0.3, -0.25) is 9.78 Å². The number of aromatic nitrogens is 3. The quantitative estimate of drug-likeness (QED) is 0.420. The smallest absolute Gasteiger partial charge is 0.165 e. The zero-order valence-corrected chi connectivity index (χ0v) is 19.1. The molecule has 3 atom stereocenters. The Kier molecular flexibility index (Phi) is 4.88. The van der Waals surface area contributed by atoms with Crippen molar-refractivity contribution in [3.8, 4) is 11.4 Å². The van der Waals surface area contributed by atoms with Crippen LogP contribution in [0.25, 0.3) is 22.3 Å². The molecule has 0 saturated heterocycles. The minimum atomic E-state index is -0.320. The highest BCUT2D eigenvalue weighted by Crippen LogP contribution is 2.53. The number of aliphatic hydroxyl groups excluding tert-OH is 1. The monoisotopic (exact) mass is 427 g/mol. The topological polar surface area (TPSA) is 76.0 Å². The van der Waals surface area contributed by atoms with Gasteiger partial charge in [-0.2, -0.15) is 0 Å². The van der Waals surface area contributed by atoms with Crippen molar-refractivity contribution in [3.05, 3.63) is 65.3 Å². The molecule has 2 aliphatic carbocycles. The highest BCUT2D eigenvalue weighted by molar-refractivity contribution is 5.98. The van der Waals surface area contributed by atoms with E-state index in [4.69, 9.17) is 9.97 Å². The summed E-state index contributed by atoms with van der Waals surface area (Å²) in [6.45, 7) is 8.57. The second-order valence-corrected chi connectivity index (χ2v) is 9.84. The van der Waals surface area contributed by atoms with E-state index in [2.05, 4.69) is 31.8 Å². The molecule has 0 aliphatic heterocycles. The van der Waals surface area contributed by atoms with Crippen LogP contribution in [-0.2, 0) is 16.6 Å². The molecule has 0 radical (unpaired) electrons. The van der Waals surface area contributed by atoms with Gasteiger partial charge in [0.1, 0.15) is 0 Å². The summed E-state index contributed by atoms with van der Waals surface area (Å²) in [5.74, 6) is 1.10. The molecular formula is C27H29N3O2. The maximum Gasteiger partial charge on any atom is 0.165 e. The molecule has 32 heavy (non-hydrogen) atoms. The van der Waals surface area contributed by atoms with Crippen LogP contribution in [0.1, 0.15) is 63.4 Å². The van der Waals surface area contributed by atoms with E-state index < -0.39 is 0 Å². The van der Waals surface area contributed by atoms with Crippen LogP contribution in [0.3, 0.4) is 0 Å². The Labute approximate surface area is 188 Å². The molecule has 1 saturated carbocycles. The second kappa shape index (κ2) is 7.51. The maximum absolute atomic E-state index is 12.8. The van der Waals surface area contributed by atoms with Crippen LogP contribution >= 0.6 is 0 Å². The minimum absolute atomic E-state index is 0.0666. The molecule has 1 N–H and O–H groups in total. The van der Waals surface area contributed by atoms with Crippen LogP contribution in [0.4, 0.5) is 0 Å². The molecular weight excluding hydrogens is 398 g/mol. The maximum atomic E-state index is 12.8. The number of nitrogens with zero attached hydrogens (tertiary/aromatic N) is 3. The highest BCUT2D eigenvalue weighted by atomic mass is 16.2. The zero-order chi connectivity index (χ0) is 22.6. The van der Waals surface area contributed by atoms with E-state index in [1.165, 1.54) is 5.56 Å². The van der Waals surface area contributed by atoms with E-state index in [0.717, 1.165) is 47.0 Å². The van der Waals surface area contributed by atoms with Crippen LogP contribution in [0, 0.1) is 11.8 Å². The molecule has 0 amide bonds. The van der Waals surface area contributed by atoms with Gasteiger partial charge in [-0.1, -0.05) is 45.9 Å². The van der Waals surface area contributed by atoms with Crippen LogP contribution in [0.15, 0.2) is 48.4 Å². The Morgan fingerprint density at radius 3 is 2.72 bits per heavy atom. The summed E-state index contributed by atoms with van der Waals surface area (Å²) in [6.07, 6.45) is 5.16. The Hall–Kier alpha value is -3.08. The number of allylic oxidation sites excluding steroid dienone is 1. The number of carbonyl (C=O) groups excluding carboxylic acids is 1. The van der Waals surface area contributed by atoms with Gasteiger partial charge >= 0.3 is 0 Å². The Morgan fingerprint density at radius 1 is 1.19 bits per heavy atom. The van der Waals surface area contributed by atoms with E-state index in [0.29, 0.717) is 17.8 Å². The number of para-hydroxylation sites is 1. The van der Waals surface area contributed by atoms with E-state index in [1.54, 1.807) is 0 Å². The molecule has 164 valence electrons. The molecule has 1 fully saturated rings. The number of pyridine rings is 1. The first-order chi connectivity index (χ1) is 15.3. The highest BCUT2D eigenvalue weighted by Gasteiger charge is 2.51. The predicted molar refractivity (Wildman–Crippen MR) is 126 cm³/mol. The number of benzene rings is 1. The number of ketones is 1. The third kappa shape index (κ3) is 2.98. The molecule has 2 aliphatic rings. The molecule has 1 aromatic carbocycles. The molecule has 2 aromatic heterocycles. The fourth-order valence-electron chi connectivity index (χ4n) is 5.99. The lowest BCUT2D eigenvalue weighted by atomic mass is 9.55. The fourth-order valence-corrected chi connectivity index (χ4v) is 5.99. The van der Waals surface area contributed by atoms with Crippen molar-refractivity contribution in [3.63, 3.8) is 0 Å². The first kappa shape index (κ1) is 20.8. The van der Waals surface area contributed by atoms with Crippen molar-refractivity contribution in [1.82, 2.24) is 15.0 Å². The molecule has 2 heterocycles. The normalized spacial score (nSPS) is 26.4. The third-order valence-corrected chi connectivity index (χ3v) is 7.59. The van der Waals surface area contributed by atoms with Gasteiger partial charge in [0.05, 0.1) is 23.2 Å². The summed E-state index contributed by atoms with van der Waals surface area (Å²) >= 11 is 0. The zero-order valence-electron chi connectivity index (χ0n) is 19.1. The predicted octanol–water partition coefficient (Wildman–Crippen LogP) is 5.69. The van der Waals surface area contributed by atoms with Gasteiger partial charge in [-0.25, -0.2) is 9.97 Å². The first-order valence-corrected chi connectivity index (χ1v) is 11.5. The molecule has 0 spiro atoms. The average molecular weight is 428 g/mol. The van der Waals surface area contributed by atoms with Crippen molar-refractivity contribution in [1.29, 1.82) is 0 Å². The van der Waals surface area contributed by atoms with Gasteiger partial charge in [0, 0.05) is 34.1 Å². The lowest BCUT2D eigenvalue weighted by molar-refractivity contribution is -0.124. The first-order valence-electron chi connectivity index (χ1n) is 11.5. The second-order valence-electron chi connectivity index (χ2n) is 9.84. The molecule has 0 bridgehead atoms. The number of aliphatic hydroxyl groups is 1. The van der Waals surface area contributed by atoms with Gasteiger partial charge in [0.25, 0.3) is 0 Å². The Bertz CT molecular complexity index is 1260. The molecule has 5 rings (SSSR count). The summed E-state index contributed by atoms with van der Waals surface area (Å²) in [5, 5.41) is 10.8. The third-order valence-electron chi connectivity index (χ3n) is 7.59. The molecule has 0 unspecified atom stereocenters. The van der Waals surface area contributed by atoms with E-state index in [-0.39, 0.29) is 29.0 Å². The van der Waals surface area contributed by atoms with E-state index >= 15 is 0 Å². The molecule has 5 nitrogen and oxygen atoms in total. The van der Waals surface area contributed by atoms with Crippen molar-refractivity contribution in [2.75, 3.05) is 0 Å². The van der Waals surface area contributed by atoms with Crippen molar-refractivity contribution in [2.45, 2.75) is 58.3 Å². The largest absolute Gasteiger partial charge is 0.515 e. The molecule has 3 aromatic rings. The van der Waals surface area contributed by atoms with Crippen LogP contribution in [0.5, 0.6) is 0 Å². The van der Waals surface area contributed by atoms with Crippen molar-refractivity contribution < 1.29 is 9.90 Å². The van der Waals surface area contributed by atoms with Gasteiger partial charge in [-0.15, -0.1) is 0 Å². The Morgan fingerprint density at radius 2 is 1.97 bits per heavy atom. The van der Waals surface area contributed by atoms with Crippen molar-refractivity contribution >= 4 is 16.7 Å². The summed E-state index contributed by atoms with van der Waals surface area (Å²) in [5.41, 5.74) is 5.43. The number of Topliss-reactive ketones (excluding diaryl/α,β-unsaturated/α-hetero) is 1. The molecule has 5 heteroatoms. The SMILES string of the molecule is CC(C)c1nc(-c2ccnc3ccccc23)nc2c1CC[C@@H]1[C@@H](C)C(=O)/C(=C\O)C[C@@]21C. The van der Waals surface area contributed by atoms with Crippen molar-refractivity contribution in [2.24, 2.45) is 11.8 Å². The van der Waals surface area contributed by atoms with Crippen LogP contribution in [0.2, 0.25) is 0 Å². The number of rotatable bonds is 2. The van der Waals surface area contributed by atoms with Crippen LogP contribution < -0.4 is 0 Å². The lowest BCUT2D eigenvalue weighted by Gasteiger charge is -2.48. The van der Waals surface area contributed by atoms with Gasteiger partial charge in [-0.05, 0) is 48.8 Å². The number of hydrogen-bond donors (Lipinski definition) is 1.